The molecule has 4 heteroatoms. The van der Waals surface area contributed by atoms with Crippen LogP contribution in [0.2, 0.25) is 0 Å². The Balaban J connectivity index is 2.30. The molecule has 2 N–H and O–H groups in total. The molecule has 0 aliphatic carbocycles. The van der Waals surface area contributed by atoms with E-state index in [4.69, 9.17) is 5.11 Å². The van der Waals surface area contributed by atoms with Gasteiger partial charge in [-0.2, -0.15) is 0 Å². The molecule has 1 rings (SSSR count). The van der Waals surface area contributed by atoms with Crippen molar-refractivity contribution in [1.82, 2.24) is 5.32 Å². The first-order valence-electron chi connectivity index (χ1n) is 5.25. The second-order valence-electron chi connectivity index (χ2n) is 3.93. The predicted molar refractivity (Wildman–Crippen MR) is 67.3 cm³/mol. The molecule has 1 unspecified atom stereocenters. The van der Waals surface area contributed by atoms with Gasteiger partial charge in [0.15, 0.2) is 0 Å². The van der Waals surface area contributed by atoms with E-state index in [-0.39, 0.29) is 12.3 Å². The third-order valence-electron chi connectivity index (χ3n) is 2.29. The third-order valence-corrected chi connectivity index (χ3v) is 3.06. The van der Waals surface area contributed by atoms with E-state index in [0.717, 1.165) is 11.0 Å². The fraction of sp³-hybridized carbons (Fsp3) is 0.417. The van der Waals surface area contributed by atoms with Gasteiger partial charge >= 0.3 is 5.97 Å². The molecule has 0 amide bonds. The summed E-state index contributed by atoms with van der Waals surface area (Å²) in [6.45, 7) is 3.40. The fourth-order valence-corrected chi connectivity index (χ4v) is 1.89. The van der Waals surface area contributed by atoms with Crippen LogP contribution in [0.25, 0.3) is 0 Å². The van der Waals surface area contributed by atoms with Crippen molar-refractivity contribution in [3.63, 3.8) is 0 Å². The van der Waals surface area contributed by atoms with Crippen LogP contribution in [0.4, 0.5) is 0 Å². The van der Waals surface area contributed by atoms with Crippen LogP contribution in [0.1, 0.15) is 18.9 Å². The lowest BCUT2D eigenvalue weighted by Gasteiger charge is -2.11. The number of carboxylic acids is 1. The van der Waals surface area contributed by atoms with Crippen molar-refractivity contribution >= 4 is 21.9 Å². The number of benzene rings is 1. The number of hydrogen-bond acceptors (Lipinski definition) is 2. The molecular formula is C12H16BrNO2. The molecule has 0 spiro atoms. The maximum Gasteiger partial charge on any atom is 0.303 e. The highest BCUT2D eigenvalue weighted by atomic mass is 79.9. The van der Waals surface area contributed by atoms with E-state index >= 15 is 0 Å². The molecule has 0 radical (unpaired) electrons. The summed E-state index contributed by atoms with van der Waals surface area (Å²) in [7, 11) is 0. The largest absolute Gasteiger partial charge is 0.481 e. The fourth-order valence-electron chi connectivity index (χ4n) is 1.47. The van der Waals surface area contributed by atoms with Gasteiger partial charge in [-0.05, 0) is 24.1 Å². The quantitative estimate of drug-likeness (QED) is 0.845. The first-order chi connectivity index (χ1) is 7.59. The molecule has 0 bridgehead atoms. The molecule has 0 aromatic heterocycles. The monoisotopic (exact) mass is 285 g/mol. The normalized spacial score (nSPS) is 12.4. The zero-order chi connectivity index (χ0) is 12.0. The van der Waals surface area contributed by atoms with Crippen molar-refractivity contribution in [3.05, 3.63) is 34.3 Å². The highest BCUT2D eigenvalue weighted by Gasteiger charge is 2.07. The summed E-state index contributed by atoms with van der Waals surface area (Å²) < 4.78 is 1.08. The minimum absolute atomic E-state index is 0.153. The minimum atomic E-state index is -0.741. The van der Waals surface area contributed by atoms with E-state index in [1.54, 1.807) is 0 Å². The highest BCUT2D eigenvalue weighted by molar-refractivity contribution is 9.10. The van der Waals surface area contributed by atoms with Gasteiger partial charge < -0.3 is 10.4 Å². The number of halogens is 1. The number of nitrogens with one attached hydrogen (secondary N) is 1. The molecule has 0 aliphatic rings. The number of carbonyl (C=O) groups is 1. The van der Waals surface area contributed by atoms with Crippen LogP contribution >= 0.6 is 15.9 Å². The van der Waals surface area contributed by atoms with Crippen molar-refractivity contribution in [1.29, 1.82) is 0 Å². The lowest BCUT2D eigenvalue weighted by Crippen LogP contribution is -2.22. The van der Waals surface area contributed by atoms with Crippen molar-refractivity contribution in [3.8, 4) is 0 Å². The van der Waals surface area contributed by atoms with Gasteiger partial charge in [0.05, 0.1) is 0 Å². The van der Waals surface area contributed by atoms with Crippen molar-refractivity contribution < 1.29 is 9.90 Å². The molecule has 0 fully saturated rings. The summed E-state index contributed by atoms with van der Waals surface area (Å²) >= 11 is 3.47. The maximum absolute atomic E-state index is 10.5. The Hall–Kier alpha value is -0.870. The van der Waals surface area contributed by atoms with Gasteiger partial charge in [-0.25, -0.2) is 0 Å². The number of carboxylic acid groups (broad SMARTS) is 1. The lowest BCUT2D eigenvalue weighted by molar-refractivity contribution is -0.137. The van der Waals surface area contributed by atoms with Crippen LogP contribution in [-0.2, 0) is 11.3 Å². The Morgan fingerprint density at radius 2 is 2.19 bits per heavy atom. The van der Waals surface area contributed by atoms with Gasteiger partial charge in [0, 0.05) is 17.4 Å². The molecule has 88 valence electrons. The van der Waals surface area contributed by atoms with Gasteiger partial charge in [-0.1, -0.05) is 41.1 Å². The predicted octanol–water partition coefficient (Wildman–Crippen LogP) is 2.65. The average molecular weight is 286 g/mol. The van der Waals surface area contributed by atoms with Gasteiger partial charge in [-0.3, -0.25) is 4.79 Å². The summed E-state index contributed by atoms with van der Waals surface area (Å²) in [6.07, 6.45) is 0.211. The van der Waals surface area contributed by atoms with E-state index in [1.165, 1.54) is 5.56 Å². The summed E-state index contributed by atoms with van der Waals surface area (Å²) in [5.74, 6) is -0.588. The molecule has 1 aromatic carbocycles. The smallest absolute Gasteiger partial charge is 0.303 e. The van der Waals surface area contributed by atoms with Crippen LogP contribution in [0.15, 0.2) is 28.7 Å². The Bertz CT molecular complexity index is 355. The first kappa shape index (κ1) is 13.2. The van der Waals surface area contributed by atoms with Crippen molar-refractivity contribution in [2.75, 3.05) is 6.54 Å². The van der Waals surface area contributed by atoms with Crippen molar-refractivity contribution in [2.45, 2.75) is 19.9 Å². The minimum Gasteiger partial charge on any atom is -0.481 e. The van der Waals surface area contributed by atoms with E-state index in [0.29, 0.717) is 6.54 Å². The molecule has 1 atom stereocenters. The van der Waals surface area contributed by atoms with Gasteiger partial charge in [-0.15, -0.1) is 0 Å². The van der Waals surface area contributed by atoms with Crippen LogP contribution < -0.4 is 5.32 Å². The molecule has 3 nitrogen and oxygen atoms in total. The third kappa shape index (κ3) is 4.77. The Morgan fingerprint density at radius 3 is 2.81 bits per heavy atom. The van der Waals surface area contributed by atoms with Gasteiger partial charge in [0.2, 0.25) is 0 Å². The molecule has 0 saturated carbocycles. The van der Waals surface area contributed by atoms with E-state index < -0.39 is 5.97 Å². The van der Waals surface area contributed by atoms with Crippen LogP contribution in [0.3, 0.4) is 0 Å². The number of rotatable bonds is 6. The molecule has 16 heavy (non-hydrogen) atoms. The zero-order valence-electron chi connectivity index (χ0n) is 9.24. The summed E-state index contributed by atoms with van der Waals surface area (Å²) in [4.78, 5) is 10.5. The van der Waals surface area contributed by atoms with E-state index in [1.807, 2.05) is 31.2 Å². The zero-order valence-corrected chi connectivity index (χ0v) is 10.8. The highest BCUT2D eigenvalue weighted by Crippen LogP contribution is 2.15. The summed E-state index contributed by atoms with van der Waals surface area (Å²) in [5, 5.41) is 11.9. The molecular weight excluding hydrogens is 270 g/mol. The number of aliphatic carboxylic acids is 1. The van der Waals surface area contributed by atoms with E-state index in [9.17, 15) is 4.79 Å². The number of hydrogen-bond donors (Lipinski definition) is 2. The average Bonchev–Trinajstić information content (AvgIpc) is 2.19. The Labute approximate surface area is 104 Å². The standard InChI is InChI=1S/C12H16BrNO2/c1-9(6-12(15)16)7-14-8-10-4-2-3-5-11(10)13/h2-5,9,14H,6-8H2,1H3,(H,15,16). The molecule has 0 heterocycles. The topological polar surface area (TPSA) is 49.3 Å². The molecule has 0 saturated heterocycles. The summed E-state index contributed by atoms with van der Waals surface area (Å²) in [6, 6.07) is 8.00. The lowest BCUT2D eigenvalue weighted by atomic mass is 10.1. The second-order valence-corrected chi connectivity index (χ2v) is 4.78. The maximum atomic E-state index is 10.5. The van der Waals surface area contributed by atoms with Gasteiger partial charge in [0.1, 0.15) is 0 Å². The van der Waals surface area contributed by atoms with Crippen molar-refractivity contribution in [2.24, 2.45) is 5.92 Å². The van der Waals surface area contributed by atoms with Crippen LogP contribution in [0.5, 0.6) is 0 Å². The molecule has 1 aromatic rings. The Kier molecular flexibility index (Phi) is 5.49. The van der Waals surface area contributed by atoms with Gasteiger partial charge in [0.25, 0.3) is 0 Å². The Morgan fingerprint density at radius 1 is 1.50 bits per heavy atom. The SMILES string of the molecule is CC(CNCc1ccccc1Br)CC(=O)O. The van der Waals surface area contributed by atoms with Crippen LogP contribution in [0, 0.1) is 5.92 Å². The second kappa shape index (κ2) is 6.66. The first-order valence-corrected chi connectivity index (χ1v) is 6.05. The molecule has 0 aliphatic heterocycles. The summed E-state index contributed by atoms with van der Waals surface area (Å²) in [5.41, 5.74) is 1.19. The van der Waals surface area contributed by atoms with Crippen LogP contribution in [-0.4, -0.2) is 17.6 Å². The van der Waals surface area contributed by atoms with E-state index in [2.05, 4.69) is 21.2 Å².